The molecule has 1 aromatic heterocycles. The fraction of sp³-hybridized carbons (Fsp3) is 0.600. The van der Waals surface area contributed by atoms with Crippen molar-refractivity contribution < 1.29 is 9.90 Å². The molecule has 0 aromatic carbocycles. The topological polar surface area (TPSA) is 62.2 Å². The number of aliphatic carboxylic acids is 1. The van der Waals surface area contributed by atoms with Crippen LogP contribution in [0.1, 0.15) is 37.8 Å². The van der Waals surface area contributed by atoms with Gasteiger partial charge in [0.25, 0.3) is 0 Å². The van der Waals surface area contributed by atoms with E-state index in [9.17, 15) is 4.79 Å². The van der Waals surface area contributed by atoms with Crippen LogP contribution in [0.3, 0.4) is 0 Å². The average molecular weight is 264 g/mol. The van der Waals surface area contributed by atoms with Crippen molar-refractivity contribution in [2.24, 2.45) is 5.41 Å². The molecule has 0 saturated carbocycles. The molecule has 4 nitrogen and oxygen atoms in total. The minimum Gasteiger partial charge on any atom is -0.481 e. The summed E-state index contributed by atoms with van der Waals surface area (Å²) in [6, 6.07) is 2.03. The van der Waals surface area contributed by atoms with Crippen LogP contribution in [-0.2, 0) is 11.2 Å². The summed E-state index contributed by atoms with van der Waals surface area (Å²) in [5.74, 6) is -0.736. The van der Waals surface area contributed by atoms with Gasteiger partial charge in [-0.1, -0.05) is 0 Å². The highest BCUT2D eigenvalue weighted by molar-refractivity contribution is 5.73. The molecule has 0 aliphatic rings. The molecule has 0 spiro atoms. The Balaban J connectivity index is 2.16. The number of pyridine rings is 1. The number of carboxylic acid groups (broad SMARTS) is 1. The highest BCUT2D eigenvalue weighted by atomic mass is 16.4. The molecule has 2 N–H and O–H groups in total. The van der Waals surface area contributed by atoms with E-state index in [4.69, 9.17) is 5.11 Å². The van der Waals surface area contributed by atoms with Crippen molar-refractivity contribution in [2.75, 3.05) is 13.1 Å². The van der Waals surface area contributed by atoms with E-state index in [0.29, 0.717) is 6.42 Å². The summed E-state index contributed by atoms with van der Waals surface area (Å²) < 4.78 is 0. The second kappa shape index (κ2) is 7.24. The van der Waals surface area contributed by atoms with Gasteiger partial charge in [0.1, 0.15) is 0 Å². The van der Waals surface area contributed by atoms with E-state index >= 15 is 0 Å². The molecule has 1 rings (SSSR count). The molecular formula is C15H24N2O2. The van der Waals surface area contributed by atoms with Gasteiger partial charge in [-0.2, -0.15) is 0 Å². The molecule has 19 heavy (non-hydrogen) atoms. The van der Waals surface area contributed by atoms with Gasteiger partial charge < -0.3 is 10.4 Å². The fourth-order valence-electron chi connectivity index (χ4n) is 1.80. The first-order valence-electron chi connectivity index (χ1n) is 6.77. The Kier molecular flexibility index (Phi) is 5.96. The molecule has 0 fully saturated rings. The van der Waals surface area contributed by atoms with Gasteiger partial charge in [0.2, 0.25) is 0 Å². The monoisotopic (exact) mass is 264 g/mol. The van der Waals surface area contributed by atoms with Gasteiger partial charge in [-0.15, -0.1) is 0 Å². The van der Waals surface area contributed by atoms with Crippen LogP contribution in [0, 0.1) is 12.3 Å². The number of nitrogens with zero attached hydrogens (tertiary/aromatic N) is 1. The minimum absolute atomic E-state index is 0.646. The van der Waals surface area contributed by atoms with Gasteiger partial charge in [-0.25, -0.2) is 0 Å². The fourth-order valence-corrected chi connectivity index (χ4v) is 1.80. The molecule has 1 heterocycles. The van der Waals surface area contributed by atoms with Gasteiger partial charge in [0, 0.05) is 12.4 Å². The van der Waals surface area contributed by atoms with Crippen LogP contribution >= 0.6 is 0 Å². The third kappa shape index (κ3) is 5.39. The Morgan fingerprint density at radius 2 is 2.16 bits per heavy atom. The molecule has 0 bridgehead atoms. The number of aryl methyl sites for hydroxylation is 2. The van der Waals surface area contributed by atoms with Gasteiger partial charge in [-0.05, 0) is 70.3 Å². The van der Waals surface area contributed by atoms with Crippen LogP contribution in [0.5, 0.6) is 0 Å². The molecule has 1 aromatic rings. The summed E-state index contributed by atoms with van der Waals surface area (Å²) in [6.45, 7) is 7.27. The molecule has 0 atom stereocenters. The first-order valence-corrected chi connectivity index (χ1v) is 6.77. The lowest BCUT2D eigenvalue weighted by molar-refractivity contribution is -0.147. The lowest BCUT2D eigenvalue weighted by Gasteiger charge is -2.18. The number of aromatic nitrogens is 1. The summed E-state index contributed by atoms with van der Waals surface area (Å²) in [5.41, 5.74) is 1.92. The Bertz CT molecular complexity index is 416. The number of carboxylic acids is 1. The van der Waals surface area contributed by atoms with Crippen LogP contribution in [-0.4, -0.2) is 29.1 Å². The van der Waals surface area contributed by atoms with E-state index < -0.39 is 11.4 Å². The normalized spacial score (nSPS) is 11.5. The van der Waals surface area contributed by atoms with Crippen molar-refractivity contribution in [3.63, 3.8) is 0 Å². The van der Waals surface area contributed by atoms with Crippen LogP contribution in [0.2, 0.25) is 0 Å². The van der Waals surface area contributed by atoms with Crippen molar-refractivity contribution in [2.45, 2.75) is 40.0 Å². The van der Waals surface area contributed by atoms with E-state index in [-0.39, 0.29) is 0 Å². The third-order valence-corrected chi connectivity index (χ3v) is 3.45. The van der Waals surface area contributed by atoms with Gasteiger partial charge >= 0.3 is 5.97 Å². The number of rotatable bonds is 8. The largest absolute Gasteiger partial charge is 0.481 e. The van der Waals surface area contributed by atoms with Crippen molar-refractivity contribution in [3.8, 4) is 0 Å². The highest BCUT2D eigenvalue weighted by Gasteiger charge is 2.25. The molecule has 0 aliphatic heterocycles. The van der Waals surface area contributed by atoms with E-state index in [2.05, 4.69) is 17.2 Å². The number of carbonyl (C=O) groups is 1. The lowest BCUT2D eigenvalue weighted by Crippen LogP contribution is -2.29. The van der Waals surface area contributed by atoms with Crippen molar-refractivity contribution >= 4 is 5.97 Å². The number of hydrogen-bond acceptors (Lipinski definition) is 3. The molecule has 0 amide bonds. The molecule has 4 heteroatoms. The van der Waals surface area contributed by atoms with Gasteiger partial charge in [-0.3, -0.25) is 9.78 Å². The molecule has 106 valence electrons. The second-order valence-corrected chi connectivity index (χ2v) is 5.59. The van der Waals surface area contributed by atoms with Gasteiger partial charge in [0.05, 0.1) is 5.41 Å². The lowest BCUT2D eigenvalue weighted by atomic mass is 9.90. The maximum atomic E-state index is 10.9. The molecular weight excluding hydrogens is 240 g/mol. The Labute approximate surface area is 115 Å². The summed E-state index contributed by atoms with van der Waals surface area (Å²) in [7, 11) is 0. The maximum Gasteiger partial charge on any atom is 0.309 e. The van der Waals surface area contributed by atoms with Crippen molar-refractivity contribution in [1.82, 2.24) is 10.3 Å². The second-order valence-electron chi connectivity index (χ2n) is 5.59. The predicted octanol–water partition coefficient (Wildman–Crippen LogP) is 2.41. The van der Waals surface area contributed by atoms with Crippen molar-refractivity contribution in [3.05, 3.63) is 29.6 Å². The quantitative estimate of drug-likeness (QED) is 0.708. The molecule has 0 unspecified atom stereocenters. The van der Waals surface area contributed by atoms with Crippen LogP contribution in [0.4, 0.5) is 0 Å². The molecule has 0 aliphatic carbocycles. The van der Waals surface area contributed by atoms with E-state index in [0.717, 1.165) is 25.9 Å². The molecule has 0 radical (unpaired) electrons. The number of nitrogens with one attached hydrogen (secondary N) is 1. The van der Waals surface area contributed by atoms with E-state index in [1.807, 2.05) is 18.5 Å². The number of hydrogen-bond donors (Lipinski definition) is 2. The zero-order chi connectivity index (χ0) is 14.3. The summed E-state index contributed by atoms with van der Waals surface area (Å²) in [4.78, 5) is 15.1. The predicted molar refractivity (Wildman–Crippen MR) is 76.2 cm³/mol. The first kappa shape index (κ1) is 15.6. The standard InChI is InChI=1S/C15H24N2O2/c1-12-6-9-17-11-13(12)5-4-8-16-10-7-15(2,3)14(18)19/h6,9,11,16H,4-5,7-8,10H2,1-3H3,(H,18,19). The average Bonchev–Trinajstić information content (AvgIpc) is 2.35. The van der Waals surface area contributed by atoms with Crippen LogP contribution < -0.4 is 5.32 Å². The van der Waals surface area contributed by atoms with E-state index in [1.54, 1.807) is 13.8 Å². The Morgan fingerprint density at radius 1 is 1.42 bits per heavy atom. The zero-order valence-electron chi connectivity index (χ0n) is 12.1. The van der Waals surface area contributed by atoms with Gasteiger partial charge in [0.15, 0.2) is 0 Å². The Hall–Kier alpha value is -1.42. The van der Waals surface area contributed by atoms with Crippen LogP contribution in [0.25, 0.3) is 0 Å². The summed E-state index contributed by atoms with van der Waals surface area (Å²) >= 11 is 0. The first-order chi connectivity index (χ1) is 8.93. The van der Waals surface area contributed by atoms with Crippen molar-refractivity contribution in [1.29, 1.82) is 0 Å². The van der Waals surface area contributed by atoms with E-state index in [1.165, 1.54) is 11.1 Å². The summed E-state index contributed by atoms with van der Waals surface area (Å²) in [5, 5.41) is 12.3. The summed E-state index contributed by atoms with van der Waals surface area (Å²) in [6.07, 6.45) is 6.43. The smallest absolute Gasteiger partial charge is 0.309 e. The maximum absolute atomic E-state index is 10.9. The van der Waals surface area contributed by atoms with Crippen LogP contribution in [0.15, 0.2) is 18.5 Å². The third-order valence-electron chi connectivity index (χ3n) is 3.45. The minimum atomic E-state index is -0.736. The SMILES string of the molecule is Cc1ccncc1CCCNCCC(C)(C)C(=O)O. The Morgan fingerprint density at radius 3 is 2.79 bits per heavy atom. The molecule has 0 saturated heterocycles. The zero-order valence-corrected chi connectivity index (χ0v) is 12.1. The highest BCUT2D eigenvalue weighted by Crippen LogP contribution is 2.19.